The highest BCUT2D eigenvalue weighted by atomic mass is 15.0. The zero-order chi connectivity index (χ0) is 44.9. The van der Waals surface area contributed by atoms with Crippen LogP contribution in [0.1, 0.15) is 60.8 Å². The molecular weight excluding hydrogens is 811 g/mol. The van der Waals surface area contributed by atoms with Crippen LogP contribution in [0.5, 0.6) is 0 Å². The van der Waals surface area contributed by atoms with Gasteiger partial charge in [-0.2, -0.15) is 0 Å². The molecule has 0 amide bonds. The summed E-state index contributed by atoms with van der Waals surface area (Å²) in [6, 6.07) is 24.8. The van der Waals surface area contributed by atoms with Crippen molar-refractivity contribution in [2.24, 2.45) is 9.98 Å². The standard InChI is InChI=1S/C9H9N.2C8H8N2.4C8H9N/c1-2-4-9-7-10-6-5-8(9)3-1;2*1-2-4-8-7(3-1)5-9-6-10-8;2*1-3-7-4-2-6-9-8(7)5-1;2*1-2-7-4-5-9-6-8(7)3-1/h1-6,10H,7H2;2*1-4,6H,5H2,(H,9,10);1-2,5-6,9H,3-4H2;1-3,6,9H,4-5H2;1,3-5,9H,2,6H2;1-2,4-5,9H,3,6H2. The molecule has 0 fully saturated rings. The van der Waals surface area contributed by atoms with Crippen LogP contribution in [0.15, 0.2) is 232 Å². The molecule has 4 aliphatic carbocycles. The molecule has 11 aliphatic rings. The number of allylic oxidation sites excluding steroid dienone is 15. The molecule has 0 saturated carbocycles. The van der Waals surface area contributed by atoms with Crippen molar-refractivity contribution < 1.29 is 0 Å². The number of rotatable bonds is 0. The minimum absolute atomic E-state index is 0.809. The molecule has 7 N–H and O–H groups in total. The van der Waals surface area contributed by atoms with E-state index in [0.29, 0.717) is 0 Å². The maximum Gasteiger partial charge on any atom is 0.0872 e. The summed E-state index contributed by atoms with van der Waals surface area (Å²) in [6.45, 7) is 4.64. The van der Waals surface area contributed by atoms with Crippen molar-refractivity contribution in [3.05, 3.63) is 244 Å². The summed E-state index contributed by atoms with van der Waals surface area (Å²) in [4.78, 5) is 8.16. The molecule has 3 aromatic rings. The highest BCUT2D eigenvalue weighted by Gasteiger charge is 2.11. The molecule has 0 atom stereocenters. The Morgan fingerprint density at radius 1 is 0.379 bits per heavy atom. The van der Waals surface area contributed by atoms with E-state index in [1.807, 2.05) is 55.3 Å². The highest BCUT2D eigenvalue weighted by Crippen LogP contribution is 2.25. The summed E-state index contributed by atoms with van der Waals surface area (Å²) in [5.41, 5.74) is 19.2. The van der Waals surface area contributed by atoms with Crippen molar-refractivity contribution in [1.82, 2.24) is 26.6 Å². The Balaban J connectivity index is 0.000000105. The monoisotopic (exact) mass is 872 g/mol. The Morgan fingerprint density at radius 3 is 1.71 bits per heavy atom. The number of fused-ring (bicyclic) bond motifs is 3. The molecule has 7 heterocycles. The lowest BCUT2D eigenvalue weighted by molar-refractivity contribution is 0.859. The van der Waals surface area contributed by atoms with Gasteiger partial charge >= 0.3 is 0 Å². The molecule has 3 aromatic carbocycles. The molecule has 0 saturated heterocycles. The van der Waals surface area contributed by atoms with Crippen LogP contribution in [-0.2, 0) is 19.6 Å². The summed E-state index contributed by atoms with van der Waals surface area (Å²) in [5, 5.41) is 22.1. The molecule has 0 spiro atoms. The van der Waals surface area contributed by atoms with Gasteiger partial charge in [-0.3, -0.25) is 9.98 Å². The first-order valence-electron chi connectivity index (χ1n) is 23.1. The van der Waals surface area contributed by atoms with Gasteiger partial charge in [-0.25, -0.2) is 0 Å². The van der Waals surface area contributed by atoms with Crippen LogP contribution in [0.3, 0.4) is 0 Å². The van der Waals surface area contributed by atoms with Gasteiger partial charge in [0.05, 0.1) is 25.8 Å². The number of nitrogens with zero attached hydrogens (tertiary/aromatic N) is 2. The summed E-state index contributed by atoms with van der Waals surface area (Å²) in [6.07, 6.45) is 48.5. The molecule has 0 radical (unpaired) electrons. The summed E-state index contributed by atoms with van der Waals surface area (Å²) < 4.78 is 0. The topological polar surface area (TPSA) is 109 Å². The maximum absolute atomic E-state index is 4.08. The average Bonchev–Trinajstić information content (AvgIpc) is 4.26. The number of para-hydroxylation sites is 2. The predicted octanol–water partition coefficient (Wildman–Crippen LogP) is 11.2. The lowest BCUT2D eigenvalue weighted by Crippen LogP contribution is -2.12. The van der Waals surface area contributed by atoms with Crippen molar-refractivity contribution in [2.45, 2.75) is 58.2 Å². The van der Waals surface area contributed by atoms with Gasteiger partial charge in [0.1, 0.15) is 0 Å². The number of dihydropyridines is 4. The highest BCUT2D eigenvalue weighted by molar-refractivity contribution is 5.80. The molecule has 14 rings (SSSR count). The summed E-state index contributed by atoms with van der Waals surface area (Å²) in [7, 11) is 0. The van der Waals surface area contributed by atoms with Gasteiger partial charge in [0.2, 0.25) is 0 Å². The summed E-state index contributed by atoms with van der Waals surface area (Å²) >= 11 is 0. The molecule has 7 aliphatic heterocycles. The molecule has 334 valence electrons. The van der Waals surface area contributed by atoms with E-state index < -0.39 is 0 Å². The molecule has 0 unspecified atom stereocenters. The van der Waals surface area contributed by atoms with E-state index in [1.165, 1.54) is 78.5 Å². The minimum Gasteiger partial charge on any atom is -0.387 e. The van der Waals surface area contributed by atoms with Gasteiger partial charge in [0.15, 0.2) is 0 Å². The molecule has 0 aromatic heterocycles. The fourth-order valence-corrected chi connectivity index (χ4v) is 8.26. The number of hydrogen-bond acceptors (Lipinski definition) is 9. The van der Waals surface area contributed by atoms with Crippen LogP contribution in [-0.4, -0.2) is 25.8 Å². The van der Waals surface area contributed by atoms with Crippen molar-refractivity contribution in [3.8, 4) is 0 Å². The van der Waals surface area contributed by atoms with Gasteiger partial charge in [-0.15, -0.1) is 0 Å². The molecule has 0 bridgehead atoms. The molecule has 9 nitrogen and oxygen atoms in total. The Morgan fingerprint density at radius 2 is 0.970 bits per heavy atom. The van der Waals surface area contributed by atoms with Crippen LogP contribution in [0.2, 0.25) is 0 Å². The molecular formula is C57H61N9. The molecule has 9 heteroatoms. The smallest absolute Gasteiger partial charge is 0.0872 e. The first kappa shape index (κ1) is 44.8. The maximum atomic E-state index is 4.08. The second-order valence-electron chi connectivity index (χ2n) is 16.4. The fourth-order valence-electron chi connectivity index (χ4n) is 8.26. The predicted molar refractivity (Wildman–Crippen MR) is 278 cm³/mol. The lowest BCUT2D eigenvalue weighted by atomic mass is 10.1. The summed E-state index contributed by atoms with van der Waals surface area (Å²) in [5.74, 6) is 0. The zero-order valence-corrected chi connectivity index (χ0v) is 37.6. The number of aliphatic imine (C=N–C) groups is 2. The second kappa shape index (κ2) is 24.3. The Hall–Kier alpha value is -7.78. The Bertz CT molecular complexity index is 2490. The molecule has 66 heavy (non-hydrogen) atoms. The van der Waals surface area contributed by atoms with E-state index in [0.717, 1.165) is 71.2 Å². The van der Waals surface area contributed by atoms with Crippen LogP contribution in [0.25, 0.3) is 6.08 Å². The third-order valence-electron chi connectivity index (χ3n) is 11.9. The Kier molecular flexibility index (Phi) is 16.5. The number of hydrogen-bond donors (Lipinski definition) is 7. The van der Waals surface area contributed by atoms with E-state index in [9.17, 15) is 0 Å². The zero-order valence-electron chi connectivity index (χ0n) is 37.6. The number of benzene rings is 3. The third kappa shape index (κ3) is 13.1. The van der Waals surface area contributed by atoms with Crippen LogP contribution in [0, 0.1) is 0 Å². The van der Waals surface area contributed by atoms with Crippen molar-refractivity contribution in [1.29, 1.82) is 0 Å². The normalized spacial score (nSPS) is 18.5. The number of nitrogens with one attached hydrogen (secondary N) is 7. The average molecular weight is 872 g/mol. The van der Waals surface area contributed by atoms with Gasteiger partial charge in [-0.05, 0) is 155 Å². The van der Waals surface area contributed by atoms with Crippen molar-refractivity contribution in [2.75, 3.05) is 23.7 Å². The fraction of sp³-hybridized carbons (Fsp3) is 0.193. The third-order valence-corrected chi connectivity index (χ3v) is 11.9. The number of anilines is 2. The first-order valence-corrected chi connectivity index (χ1v) is 23.1. The largest absolute Gasteiger partial charge is 0.387 e. The van der Waals surface area contributed by atoms with E-state index in [1.54, 1.807) is 12.7 Å². The van der Waals surface area contributed by atoms with Crippen LogP contribution in [0.4, 0.5) is 11.4 Å². The van der Waals surface area contributed by atoms with Crippen LogP contribution >= 0.6 is 0 Å². The van der Waals surface area contributed by atoms with Crippen LogP contribution < -0.4 is 37.2 Å². The van der Waals surface area contributed by atoms with E-state index in [4.69, 9.17) is 0 Å². The van der Waals surface area contributed by atoms with Gasteiger partial charge < -0.3 is 37.2 Å². The Labute approximate surface area is 390 Å². The van der Waals surface area contributed by atoms with Gasteiger partial charge in [0.25, 0.3) is 0 Å². The van der Waals surface area contributed by atoms with Gasteiger partial charge in [-0.1, -0.05) is 115 Å². The first-order chi connectivity index (χ1) is 32.8. The SMILES string of the molecule is C1=CC2=C(C1)CNC=C2.C1=CC2=C(C=CNC2)C1.C1=CNC2=C(C1)CC=C2.C1=CNC2=C(C=CC2)C1.C1=Cc2ccccc2CN1.C1=NCc2ccccc2N1.C1=NCc2ccccc2N1. The minimum atomic E-state index is 0.809. The van der Waals surface area contributed by atoms with E-state index >= 15 is 0 Å². The second-order valence-corrected chi connectivity index (χ2v) is 16.4. The van der Waals surface area contributed by atoms with Crippen molar-refractivity contribution >= 4 is 30.1 Å². The van der Waals surface area contributed by atoms with E-state index in [-0.39, 0.29) is 0 Å². The van der Waals surface area contributed by atoms with E-state index in [2.05, 4.69) is 175 Å². The van der Waals surface area contributed by atoms with Gasteiger partial charge in [0, 0.05) is 48.8 Å². The van der Waals surface area contributed by atoms with Crippen molar-refractivity contribution in [3.63, 3.8) is 0 Å². The lowest BCUT2D eigenvalue weighted by Gasteiger charge is -2.10. The quantitative estimate of drug-likeness (QED) is 0.121.